The van der Waals surface area contributed by atoms with Gasteiger partial charge in [-0.15, -0.1) is 0 Å². The maximum absolute atomic E-state index is 14.1. The highest BCUT2D eigenvalue weighted by atomic mass is 16.3. The van der Waals surface area contributed by atoms with Crippen molar-refractivity contribution in [1.29, 1.82) is 0 Å². The number of hydrogen-bond donors (Lipinski definition) is 5. The summed E-state index contributed by atoms with van der Waals surface area (Å²) in [7, 11) is 1.67. The van der Waals surface area contributed by atoms with Gasteiger partial charge in [-0.1, -0.05) is 55.5 Å². The number of phenolic OH excluding ortho intramolecular Hbond substituents is 1. The zero-order valence-corrected chi connectivity index (χ0v) is 27.3. The molecule has 48 heavy (non-hydrogen) atoms. The molecular formula is C36H43N7O5. The van der Waals surface area contributed by atoms with Gasteiger partial charge in [-0.2, -0.15) is 0 Å². The minimum atomic E-state index is -1.07. The average molecular weight is 654 g/mol. The van der Waals surface area contributed by atoms with Crippen molar-refractivity contribution in [3.05, 3.63) is 114 Å². The molecule has 3 atom stereocenters. The van der Waals surface area contributed by atoms with E-state index in [2.05, 4.69) is 30.9 Å². The highest BCUT2D eigenvalue weighted by Gasteiger charge is 2.31. The molecule has 2 aromatic heterocycles. The van der Waals surface area contributed by atoms with Crippen molar-refractivity contribution >= 4 is 23.6 Å². The molecule has 12 nitrogen and oxygen atoms in total. The van der Waals surface area contributed by atoms with Gasteiger partial charge in [-0.25, -0.2) is 4.98 Å². The van der Waals surface area contributed by atoms with Crippen molar-refractivity contribution in [2.24, 2.45) is 0 Å². The van der Waals surface area contributed by atoms with Crippen LogP contribution in [0.3, 0.4) is 0 Å². The van der Waals surface area contributed by atoms with E-state index in [0.717, 1.165) is 16.8 Å². The summed E-state index contributed by atoms with van der Waals surface area (Å²) < 4.78 is 0. The molecule has 4 rings (SSSR count). The maximum atomic E-state index is 14.1. The van der Waals surface area contributed by atoms with Crippen LogP contribution in [-0.4, -0.2) is 80.3 Å². The second-order valence-electron chi connectivity index (χ2n) is 11.7. The Bertz CT molecular complexity index is 1600. The molecule has 0 aliphatic heterocycles. The van der Waals surface area contributed by atoms with Gasteiger partial charge in [-0.3, -0.25) is 24.2 Å². The summed E-state index contributed by atoms with van der Waals surface area (Å²) in [5.74, 6) is -1.61. The topological polar surface area (TPSA) is 169 Å². The van der Waals surface area contributed by atoms with E-state index in [1.807, 2.05) is 55.5 Å². The molecule has 2 heterocycles. The third kappa shape index (κ3) is 11.1. The van der Waals surface area contributed by atoms with Crippen molar-refractivity contribution in [2.45, 2.75) is 63.6 Å². The van der Waals surface area contributed by atoms with Gasteiger partial charge in [0.05, 0.1) is 6.33 Å². The Morgan fingerprint density at radius 2 is 1.46 bits per heavy atom. The molecular weight excluding hydrogens is 610 g/mol. The van der Waals surface area contributed by atoms with Gasteiger partial charge in [0, 0.05) is 69.5 Å². The number of nitrogens with one attached hydrogen (secondary N) is 4. The predicted octanol–water partition coefficient (Wildman–Crippen LogP) is 2.49. The number of nitrogens with zero attached hydrogens (tertiary/aromatic N) is 3. The van der Waals surface area contributed by atoms with E-state index < -0.39 is 29.9 Å². The Kier molecular flexibility index (Phi) is 13.2. The highest BCUT2D eigenvalue weighted by Crippen LogP contribution is 2.14. The third-order valence-corrected chi connectivity index (χ3v) is 7.82. The van der Waals surface area contributed by atoms with Gasteiger partial charge >= 0.3 is 0 Å². The van der Waals surface area contributed by atoms with E-state index in [1.54, 1.807) is 36.5 Å². The van der Waals surface area contributed by atoms with Crippen molar-refractivity contribution in [1.82, 2.24) is 35.8 Å². The SMILES string of the molecule is CCCC(=O)N[C@@H](Cc1cnc[nH]1)C(=O)N[C@@H](Cc1ccccc1)C(=O)N[C@@H](Cc1ccc(O)cc1)C(=O)N(C)CCc1ccccn1. The van der Waals surface area contributed by atoms with Crippen LogP contribution in [0.5, 0.6) is 5.75 Å². The Morgan fingerprint density at radius 1 is 0.812 bits per heavy atom. The maximum Gasteiger partial charge on any atom is 0.245 e. The van der Waals surface area contributed by atoms with Crippen LogP contribution in [-0.2, 0) is 44.9 Å². The first-order valence-corrected chi connectivity index (χ1v) is 16.1. The van der Waals surface area contributed by atoms with Gasteiger partial charge in [0.15, 0.2) is 0 Å². The number of benzene rings is 2. The number of amides is 4. The second-order valence-corrected chi connectivity index (χ2v) is 11.7. The molecule has 0 spiro atoms. The normalized spacial score (nSPS) is 12.7. The number of hydrogen-bond acceptors (Lipinski definition) is 7. The number of carbonyl (C=O) groups is 4. The Hall–Kier alpha value is -5.52. The van der Waals surface area contributed by atoms with E-state index in [-0.39, 0.29) is 43.2 Å². The number of aromatic amines is 1. The van der Waals surface area contributed by atoms with Crippen LogP contribution in [0.4, 0.5) is 0 Å². The smallest absolute Gasteiger partial charge is 0.245 e. The molecule has 0 bridgehead atoms. The first-order chi connectivity index (χ1) is 23.2. The summed E-state index contributed by atoms with van der Waals surface area (Å²) in [6, 6.07) is 18.2. The molecule has 0 aliphatic rings. The second kappa shape index (κ2) is 18.0. The van der Waals surface area contributed by atoms with E-state index in [1.165, 1.54) is 18.5 Å². The monoisotopic (exact) mass is 653 g/mol. The fourth-order valence-electron chi connectivity index (χ4n) is 5.20. The quantitative estimate of drug-likeness (QED) is 0.117. The van der Waals surface area contributed by atoms with Crippen LogP contribution in [0.15, 0.2) is 91.5 Å². The number of aromatic nitrogens is 3. The molecule has 0 saturated heterocycles. The van der Waals surface area contributed by atoms with Crippen molar-refractivity contribution in [3.63, 3.8) is 0 Å². The number of aromatic hydroxyl groups is 1. The number of pyridine rings is 1. The van der Waals surface area contributed by atoms with Gasteiger partial charge in [0.2, 0.25) is 23.6 Å². The molecule has 5 N–H and O–H groups in total. The molecule has 0 radical (unpaired) electrons. The van der Waals surface area contributed by atoms with E-state index in [0.29, 0.717) is 25.1 Å². The number of carbonyl (C=O) groups excluding carboxylic acids is 4. The minimum Gasteiger partial charge on any atom is -0.508 e. The highest BCUT2D eigenvalue weighted by molar-refractivity contribution is 5.94. The summed E-state index contributed by atoms with van der Waals surface area (Å²) in [4.78, 5) is 67.1. The Balaban J connectivity index is 1.56. The molecule has 0 unspecified atom stereocenters. The molecule has 0 aliphatic carbocycles. The third-order valence-electron chi connectivity index (χ3n) is 7.82. The number of rotatable bonds is 17. The molecule has 0 saturated carbocycles. The fraction of sp³-hybridized carbons (Fsp3) is 0.333. The van der Waals surface area contributed by atoms with Gasteiger partial charge in [-0.05, 0) is 41.8 Å². The van der Waals surface area contributed by atoms with E-state index in [4.69, 9.17) is 0 Å². The van der Waals surface area contributed by atoms with Gasteiger partial charge in [0.1, 0.15) is 23.9 Å². The van der Waals surface area contributed by atoms with E-state index >= 15 is 0 Å². The Labute approximate surface area is 280 Å². The van der Waals surface area contributed by atoms with Crippen molar-refractivity contribution < 1.29 is 24.3 Å². The summed E-state index contributed by atoms with van der Waals surface area (Å²) >= 11 is 0. The predicted molar refractivity (Wildman–Crippen MR) is 181 cm³/mol. The van der Waals surface area contributed by atoms with Crippen LogP contribution in [0.1, 0.15) is 42.3 Å². The van der Waals surface area contributed by atoms with E-state index in [9.17, 15) is 24.3 Å². The number of imidazole rings is 1. The largest absolute Gasteiger partial charge is 0.508 e. The summed E-state index contributed by atoms with van der Waals surface area (Å²) in [5, 5.41) is 18.3. The lowest BCUT2D eigenvalue weighted by atomic mass is 10.0. The fourth-order valence-corrected chi connectivity index (χ4v) is 5.20. The van der Waals surface area contributed by atoms with Crippen molar-refractivity contribution in [3.8, 4) is 5.75 Å². The summed E-state index contributed by atoms with van der Waals surface area (Å²) in [5.41, 5.74) is 3.00. The van der Waals surface area contributed by atoms with Crippen LogP contribution in [0, 0.1) is 0 Å². The molecule has 2 aromatic carbocycles. The number of likely N-dealkylation sites (N-methyl/N-ethyl adjacent to an activating group) is 1. The first-order valence-electron chi connectivity index (χ1n) is 16.1. The average Bonchev–Trinajstić information content (AvgIpc) is 3.61. The molecule has 0 fully saturated rings. The first kappa shape index (κ1) is 35.3. The zero-order chi connectivity index (χ0) is 34.3. The molecule has 4 amide bonds. The summed E-state index contributed by atoms with van der Waals surface area (Å²) in [6.45, 7) is 2.24. The molecule has 252 valence electrons. The molecule has 4 aromatic rings. The van der Waals surface area contributed by atoms with Crippen LogP contribution in [0.25, 0.3) is 0 Å². The summed E-state index contributed by atoms with van der Waals surface area (Å²) in [6.07, 6.45) is 6.58. The van der Waals surface area contributed by atoms with Crippen LogP contribution in [0.2, 0.25) is 0 Å². The lowest BCUT2D eigenvalue weighted by Crippen LogP contribution is -2.58. The zero-order valence-electron chi connectivity index (χ0n) is 27.3. The van der Waals surface area contributed by atoms with Gasteiger partial charge < -0.3 is 30.9 Å². The lowest BCUT2D eigenvalue weighted by Gasteiger charge is -2.28. The molecule has 12 heteroatoms. The van der Waals surface area contributed by atoms with Crippen LogP contribution >= 0.6 is 0 Å². The van der Waals surface area contributed by atoms with Gasteiger partial charge in [0.25, 0.3) is 0 Å². The van der Waals surface area contributed by atoms with Crippen molar-refractivity contribution in [2.75, 3.05) is 13.6 Å². The Morgan fingerprint density at radius 3 is 2.10 bits per heavy atom. The standard InChI is InChI=1S/C36H43N7O5/c1-3-9-33(45)40-31(22-28-23-37-24-39-28)35(47)41-30(20-25-10-5-4-6-11-25)34(46)42-32(21-26-13-15-29(44)16-14-26)36(48)43(2)19-17-27-12-7-8-18-38-27/h4-8,10-16,18,23-24,30-32,44H,3,9,17,19-22H2,1-2H3,(H,37,39)(H,40,45)(H,41,47)(H,42,46)/t30-,31-,32-/m0/s1. The minimum absolute atomic E-state index is 0.0829. The van der Waals surface area contributed by atoms with Crippen LogP contribution < -0.4 is 16.0 Å². The lowest BCUT2D eigenvalue weighted by molar-refractivity contribution is -0.136. The number of H-pyrrole nitrogens is 1. The number of phenols is 1.